The first-order valence-corrected chi connectivity index (χ1v) is 10.5. The van der Waals surface area contributed by atoms with Gasteiger partial charge in [0, 0.05) is 24.7 Å². The van der Waals surface area contributed by atoms with Crippen LogP contribution in [0.25, 0.3) is 11.4 Å². The fraction of sp³-hybridized carbons (Fsp3) is 0.348. The summed E-state index contributed by atoms with van der Waals surface area (Å²) in [5, 5.41) is 13.9. The van der Waals surface area contributed by atoms with Crippen LogP contribution in [0.2, 0.25) is 0 Å². The average Bonchev–Trinajstić information content (AvgIpc) is 3.53. The van der Waals surface area contributed by atoms with Gasteiger partial charge in [0.1, 0.15) is 17.3 Å². The number of ether oxygens (including phenoxy) is 2. The molecule has 0 bridgehead atoms. The summed E-state index contributed by atoms with van der Waals surface area (Å²) < 4.78 is 11.2. The van der Waals surface area contributed by atoms with Gasteiger partial charge in [0.15, 0.2) is 11.8 Å². The zero-order chi connectivity index (χ0) is 21.5. The molecule has 0 unspecified atom stereocenters. The van der Waals surface area contributed by atoms with Crippen LogP contribution in [-0.4, -0.2) is 41.9 Å². The molecule has 3 N–H and O–H groups in total. The molecule has 1 saturated carbocycles. The molecule has 3 aromatic rings. The Balaban J connectivity index is 1.29. The summed E-state index contributed by atoms with van der Waals surface area (Å²) in [5.41, 5.74) is 2.03. The third-order valence-corrected chi connectivity index (χ3v) is 5.12. The lowest BCUT2D eigenvalue weighted by Gasteiger charge is -2.14. The van der Waals surface area contributed by atoms with E-state index in [0.717, 1.165) is 41.0 Å². The molecule has 1 aliphatic rings. The highest BCUT2D eigenvalue weighted by Gasteiger charge is 2.22. The van der Waals surface area contributed by atoms with Crippen LogP contribution in [0.1, 0.15) is 24.2 Å². The Hall–Kier alpha value is -3.55. The first kappa shape index (κ1) is 20.7. The van der Waals surface area contributed by atoms with E-state index in [1.165, 1.54) is 12.8 Å². The zero-order valence-electron chi connectivity index (χ0n) is 17.9. The Kier molecular flexibility index (Phi) is 6.66. The normalized spacial score (nSPS) is 13.7. The molecule has 4 rings (SSSR count). The standard InChI is InChI=1S/C23H28N6O2/c1-24-23(25-13-18-5-3-4-6-20(18)31-15-16-7-8-16)26-14-21-27-22(29-28-21)17-9-11-19(30-2)12-10-17/h3-6,9-12,16H,7-8,13-15H2,1-2H3,(H2,24,25,26)(H,27,28,29). The predicted octanol–water partition coefficient (Wildman–Crippen LogP) is 3.13. The van der Waals surface area contributed by atoms with Crippen LogP contribution in [0.4, 0.5) is 0 Å². The highest BCUT2D eigenvalue weighted by molar-refractivity contribution is 5.79. The highest BCUT2D eigenvalue weighted by Crippen LogP contribution is 2.30. The number of H-pyrrole nitrogens is 1. The van der Waals surface area contributed by atoms with Crippen molar-refractivity contribution in [2.45, 2.75) is 25.9 Å². The second kappa shape index (κ2) is 9.97. The van der Waals surface area contributed by atoms with E-state index in [9.17, 15) is 0 Å². The van der Waals surface area contributed by atoms with Crippen molar-refractivity contribution < 1.29 is 9.47 Å². The summed E-state index contributed by atoms with van der Waals surface area (Å²) in [6, 6.07) is 15.8. The number of rotatable bonds is 9. The van der Waals surface area contributed by atoms with Crippen LogP contribution in [0.15, 0.2) is 53.5 Å². The molecule has 2 aromatic carbocycles. The van der Waals surface area contributed by atoms with E-state index in [0.29, 0.717) is 24.9 Å². The van der Waals surface area contributed by atoms with E-state index < -0.39 is 0 Å². The maximum atomic E-state index is 5.98. The summed E-state index contributed by atoms with van der Waals surface area (Å²) in [6.07, 6.45) is 2.55. The lowest BCUT2D eigenvalue weighted by atomic mass is 10.2. The van der Waals surface area contributed by atoms with Crippen molar-refractivity contribution in [2.75, 3.05) is 20.8 Å². The lowest BCUT2D eigenvalue weighted by molar-refractivity contribution is 0.296. The number of benzene rings is 2. The minimum atomic E-state index is 0.475. The second-order valence-corrected chi connectivity index (χ2v) is 7.48. The van der Waals surface area contributed by atoms with E-state index in [1.807, 2.05) is 42.5 Å². The predicted molar refractivity (Wildman–Crippen MR) is 120 cm³/mol. The largest absolute Gasteiger partial charge is 0.497 e. The molecular formula is C23H28N6O2. The Labute approximate surface area is 182 Å². The molecule has 1 heterocycles. The molecule has 1 aliphatic carbocycles. The van der Waals surface area contributed by atoms with Crippen LogP contribution >= 0.6 is 0 Å². The fourth-order valence-corrected chi connectivity index (χ4v) is 3.09. The molecule has 8 nitrogen and oxygen atoms in total. The van der Waals surface area contributed by atoms with Crippen molar-refractivity contribution in [2.24, 2.45) is 10.9 Å². The monoisotopic (exact) mass is 420 g/mol. The molecule has 8 heteroatoms. The number of hydrogen-bond acceptors (Lipinski definition) is 5. The van der Waals surface area contributed by atoms with E-state index in [4.69, 9.17) is 9.47 Å². The number of aromatic nitrogens is 3. The van der Waals surface area contributed by atoms with Crippen LogP contribution in [0.5, 0.6) is 11.5 Å². The number of aliphatic imine (C=N–C) groups is 1. The third kappa shape index (κ3) is 5.75. The van der Waals surface area contributed by atoms with E-state index in [2.05, 4.69) is 36.9 Å². The van der Waals surface area contributed by atoms with Crippen molar-refractivity contribution in [3.05, 3.63) is 59.9 Å². The molecule has 0 atom stereocenters. The summed E-state index contributed by atoms with van der Waals surface area (Å²) >= 11 is 0. The molecule has 0 saturated heterocycles. The van der Waals surface area contributed by atoms with Gasteiger partial charge in [0.05, 0.1) is 20.3 Å². The number of methoxy groups -OCH3 is 1. The molecule has 162 valence electrons. The van der Waals surface area contributed by atoms with Crippen LogP contribution < -0.4 is 20.1 Å². The summed E-state index contributed by atoms with van der Waals surface area (Å²) in [7, 11) is 3.39. The average molecular weight is 421 g/mol. The Morgan fingerprint density at radius 2 is 1.87 bits per heavy atom. The Bertz CT molecular complexity index is 1010. The van der Waals surface area contributed by atoms with Crippen molar-refractivity contribution in [3.63, 3.8) is 0 Å². The van der Waals surface area contributed by atoms with Gasteiger partial charge in [-0.05, 0) is 49.1 Å². The molecule has 31 heavy (non-hydrogen) atoms. The zero-order valence-corrected chi connectivity index (χ0v) is 17.9. The molecule has 0 spiro atoms. The maximum Gasteiger partial charge on any atom is 0.191 e. The Morgan fingerprint density at radius 1 is 1.10 bits per heavy atom. The number of hydrogen-bond donors (Lipinski definition) is 3. The first-order valence-electron chi connectivity index (χ1n) is 10.5. The third-order valence-electron chi connectivity index (χ3n) is 5.12. The van der Waals surface area contributed by atoms with Gasteiger partial charge >= 0.3 is 0 Å². The number of nitrogens with zero attached hydrogens (tertiary/aromatic N) is 3. The fourth-order valence-electron chi connectivity index (χ4n) is 3.09. The van der Waals surface area contributed by atoms with E-state index >= 15 is 0 Å². The van der Waals surface area contributed by atoms with Crippen molar-refractivity contribution in [3.8, 4) is 22.9 Å². The van der Waals surface area contributed by atoms with E-state index in [-0.39, 0.29) is 0 Å². The molecule has 0 amide bonds. The van der Waals surface area contributed by atoms with Crippen LogP contribution in [-0.2, 0) is 13.1 Å². The van der Waals surface area contributed by atoms with Crippen LogP contribution in [0.3, 0.4) is 0 Å². The van der Waals surface area contributed by atoms with Crippen LogP contribution in [0, 0.1) is 5.92 Å². The number of guanidine groups is 1. The topological polar surface area (TPSA) is 96.5 Å². The summed E-state index contributed by atoms with van der Waals surface area (Å²) in [6.45, 7) is 1.89. The minimum absolute atomic E-state index is 0.475. The second-order valence-electron chi connectivity index (χ2n) is 7.48. The van der Waals surface area contributed by atoms with Gasteiger partial charge in [-0.2, -0.15) is 5.10 Å². The molecule has 0 radical (unpaired) electrons. The van der Waals surface area contributed by atoms with Gasteiger partial charge in [-0.25, -0.2) is 4.98 Å². The van der Waals surface area contributed by atoms with Gasteiger partial charge in [-0.1, -0.05) is 18.2 Å². The van der Waals surface area contributed by atoms with Crippen molar-refractivity contribution >= 4 is 5.96 Å². The molecule has 1 fully saturated rings. The quantitative estimate of drug-likeness (QED) is 0.364. The molecule has 1 aromatic heterocycles. The number of aromatic amines is 1. The molecular weight excluding hydrogens is 392 g/mol. The van der Waals surface area contributed by atoms with Crippen molar-refractivity contribution in [1.82, 2.24) is 25.8 Å². The first-order chi connectivity index (χ1) is 15.2. The van der Waals surface area contributed by atoms with E-state index in [1.54, 1.807) is 14.2 Å². The minimum Gasteiger partial charge on any atom is -0.497 e. The SMILES string of the molecule is CN=C(NCc1nc(-c2ccc(OC)cc2)n[nH]1)NCc1ccccc1OCC1CC1. The lowest BCUT2D eigenvalue weighted by Crippen LogP contribution is -2.36. The molecule has 0 aliphatic heterocycles. The smallest absolute Gasteiger partial charge is 0.191 e. The van der Waals surface area contributed by atoms with Gasteiger partial charge in [-0.3, -0.25) is 10.1 Å². The summed E-state index contributed by atoms with van der Waals surface area (Å²) in [4.78, 5) is 8.84. The van der Waals surface area contributed by atoms with Gasteiger partial charge in [-0.15, -0.1) is 0 Å². The maximum absolute atomic E-state index is 5.98. The van der Waals surface area contributed by atoms with Gasteiger partial charge < -0.3 is 20.1 Å². The Morgan fingerprint density at radius 3 is 2.61 bits per heavy atom. The summed E-state index contributed by atoms with van der Waals surface area (Å²) in [5.74, 6) is 4.50. The van der Waals surface area contributed by atoms with Crippen molar-refractivity contribution in [1.29, 1.82) is 0 Å². The van der Waals surface area contributed by atoms with Gasteiger partial charge in [0.2, 0.25) is 0 Å². The number of nitrogens with one attached hydrogen (secondary N) is 3. The highest BCUT2D eigenvalue weighted by atomic mass is 16.5. The number of para-hydroxylation sites is 1. The van der Waals surface area contributed by atoms with Gasteiger partial charge in [0.25, 0.3) is 0 Å².